The van der Waals surface area contributed by atoms with E-state index in [1.165, 1.54) is 38.2 Å². The molecule has 16 atom stereocenters. The first-order valence-electron chi connectivity index (χ1n) is 36.5. The van der Waals surface area contributed by atoms with Gasteiger partial charge in [-0.1, -0.05) is 109 Å². The maximum Gasteiger partial charge on any atom is 0.248 e. The fraction of sp³-hybridized carbons (Fsp3) is 0.583. The topological polar surface area (TPSA) is 572 Å². The number of nitrogens with two attached hydrogens (primary N) is 4. The van der Waals surface area contributed by atoms with Gasteiger partial charge < -0.3 is 107 Å². The second-order valence-corrected chi connectivity index (χ2v) is 28.2. The number of aromatic nitrogens is 2. The molecule has 0 saturated carbocycles. The number of amides is 14. The van der Waals surface area contributed by atoms with Gasteiger partial charge in [0, 0.05) is 50.8 Å². The molecule has 594 valence electrons. The van der Waals surface area contributed by atoms with Gasteiger partial charge in [-0.05, 0) is 94.6 Å². The number of aliphatic hydroxyl groups is 2. The summed E-state index contributed by atoms with van der Waals surface area (Å²) in [5.74, 6) is -15.1. The van der Waals surface area contributed by atoms with Gasteiger partial charge in [-0.25, -0.2) is 4.98 Å². The fourth-order valence-corrected chi connectivity index (χ4v) is 12.0. The Morgan fingerprint density at radius 3 is 1.67 bits per heavy atom. The van der Waals surface area contributed by atoms with Crippen LogP contribution in [0, 0.1) is 17.8 Å². The van der Waals surface area contributed by atoms with Crippen LogP contribution < -0.4 is 86.7 Å². The lowest BCUT2D eigenvalue weighted by Crippen LogP contribution is -2.63. The van der Waals surface area contributed by atoms with E-state index < -0.39 is 192 Å². The highest BCUT2D eigenvalue weighted by Crippen LogP contribution is 2.21. The molecular formula is C72H110N20O16. The number of aromatic amines is 1. The van der Waals surface area contributed by atoms with Gasteiger partial charge in [0.25, 0.3) is 0 Å². The summed E-state index contributed by atoms with van der Waals surface area (Å²) in [5, 5.41) is 53.4. The summed E-state index contributed by atoms with van der Waals surface area (Å²) in [5.41, 5.74) is 24.5. The number of rotatable bonds is 26. The van der Waals surface area contributed by atoms with Gasteiger partial charge in [0.15, 0.2) is 5.96 Å². The van der Waals surface area contributed by atoms with Gasteiger partial charge in [-0.3, -0.25) is 72.1 Å². The van der Waals surface area contributed by atoms with Crippen LogP contribution >= 0.6 is 0 Å². The Bertz CT molecular complexity index is 3580. The monoisotopic (exact) mass is 1510 g/mol. The van der Waals surface area contributed by atoms with E-state index in [0.717, 1.165) is 0 Å². The van der Waals surface area contributed by atoms with Crippen LogP contribution in [0.4, 0.5) is 0 Å². The quantitative estimate of drug-likeness (QED) is 0.0204. The van der Waals surface area contributed by atoms with E-state index in [1.807, 2.05) is 0 Å². The van der Waals surface area contributed by atoms with Crippen molar-refractivity contribution in [2.45, 2.75) is 230 Å². The smallest absolute Gasteiger partial charge is 0.248 e. The predicted molar refractivity (Wildman–Crippen MR) is 395 cm³/mol. The first-order valence-corrected chi connectivity index (χ1v) is 36.5. The minimum atomic E-state index is -1.86. The van der Waals surface area contributed by atoms with Crippen molar-refractivity contribution in [2.24, 2.45) is 45.7 Å². The molecule has 0 unspecified atom stereocenters. The standard InChI is InChI=1S/C72H110N20O16/c1-10-39(6)56-69(106)88-55(38(4)5)68(105)90-57(41(8)93)70(107)81-40(7)59(96)82-47(26-19-29-79-72(75)76)61(98)91-58(42(9)94)71(108)92-30-20-27-52(92)66(103)78-28-18-17-25-46(60(97)86-51(34-53(73)95)65(102)89-56)83-62(99)48(31-43-21-13-11-14-22-43)84-63(100)49(32-44-23-15-12-16-24-44)85-64(101)50(33-45-35-77-36-80-45)87-67(104)54(74)37(2)3/h11-16,21-24,35-42,46-52,54-58,93-94H,10,17-20,25-34,74H2,1-9H3,(H2,73,95)(H,77,80)(H,78,103)(H,81,107)(H,82,96)(H,83,99)(H,84,100)(H,85,101)(H,86,97)(H,87,104)(H,88,106)(H,89,102)(H,90,105)(H,91,98)(H4,75,76,79)/t39-,40-,41+,42+,46-,47-,48-,49-,50-,51-,52-,54-,55-,56-,57-,58-/m0/s1. The molecule has 36 heteroatoms. The van der Waals surface area contributed by atoms with E-state index in [0.29, 0.717) is 23.2 Å². The van der Waals surface area contributed by atoms with E-state index in [9.17, 15) is 63.0 Å². The van der Waals surface area contributed by atoms with E-state index in [2.05, 4.69) is 78.8 Å². The highest BCUT2D eigenvalue weighted by molar-refractivity contribution is 6.01. The van der Waals surface area contributed by atoms with Crippen LogP contribution in [-0.4, -0.2) is 224 Å². The minimum Gasteiger partial charge on any atom is -0.391 e. The van der Waals surface area contributed by atoms with Crippen LogP contribution in [0.2, 0.25) is 0 Å². The second-order valence-electron chi connectivity index (χ2n) is 28.2. The van der Waals surface area contributed by atoms with Gasteiger partial charge in [-0.15, -0.1) is 0 Å². The zero-order valence-electron chi connectivity index (χ0n) is 62.7. The number of nitrogens with zero attached hydrogens (tertiary/aromatic N) is 3. The molecule has 2 aliphatic rings. The van der Waals surface area contributed by atoms with Crippen LogP contribution in [0.1, 0.15) is 137 Å². The van der Waals surface area contributed by atoms with E-state index in [-0.39, 0.29) is 95.7 Å². The third kappa shape index (κ3) is 27.6. The van der Waals surface area contributed by atoms with Crippen molar-refractivity contribution in [1.82, 2.24) is 78.7 Å². The molecule has 2 aliphatic heterocycles. The minimum absolute atomic E-state index is 0.0134. The average Bonchev–Trinajstić information content (AvgIpc) is 1.63. The predicted octanol–water partition coefficient (Wildman–Crippen LogP) is -4.54. The lowest BCUT2D eigenvalue weighted by molar-refractivity contribution is -0.144. The fourth-order valence-electron chi connectivity index (χ4n) is 12.0. The van der Waals surface area contributed by atoms with Crippen LogP contribution in [0.5, 0.6) is 0 Å². The summed E-state index contributed by atoms with van der Waals surface area (Å²) in [6.07, 6.45) is -1.28. The van der Waals surface area contributed by atoms with Crippen molar-refractivity contribution in [3.63, 3.8) is 0 Å². The Morgan fingerprint density at radius 1 is 0.593 bits per heavy atom. The van der Waals surface area contributed by atoms with E-state index in [1.54, 1.807) is 102 Å². The number of hydrogen-bond donors (Lipinski definition) is 19. The zero-order chi connectivity index (χ0) is 80.1. The summed E-state index contributed by atoms with van der Waals surface area (Å²) >= 11 is 0. The lowest BCUT2D eigenvalue weighted by Gasteiger charge is -2.31. The largest absolute Gasteiger partial charge is 0.391 e. The highest BCUT2D eigenvalue weighted by Gasteiger charge is 2.42. The second kappa shape index (κ2) is 43.3. The molecule has 23 N–H and O–H groups in total. The molecular weight excluding hydrogens is 1400 g/mol. The Hall–Kier alpha value is -10.6. The van der Waals surface area contributed by atoms with Crippen molar-refractivity contribution in [1.29, 1.82) is 0 Å². The van der Waals surface area contributed by atoms with Crippen molar-refractivity contribution in [2.75, 3.05) is 19.6 Å². The van der Waals surface area contributed by atoms with Gasteiger partial charge in [0.1, 0.15) is 72.5 Å². The van der Waals surface area contributed by atoms with Crippen molar-refractivity contribution in [3.05, 3.63) is 90.0 Å². The average molecular weight is 1510 g/mol. The SMILES string of the molecule is CC[C@H](C)[C@@H]1NC(=O)[C@H](CC(N)=O)NC(=O)[C@@H](NC(=O)[C@H](Cc2ccccc2)NC(=O)[C@H](Cc2ccccc2)NC(=O)[C@H](Cc2cnc[nH]2)NC(=O)[C@@H](N)C(C)C)CCCCNC(=O)[C@@H]2CCCN2C(=O)[C@H]([C@@H](C)O)NC(=O)[C@H](CCCN=C(N)N)NC(=O)[C@H](C)NC(=O)[C@H]([C@@H](C)O)NC(=O)[C@H](C(C)C)NC1=O. The molecule has 14 amide bonds. The Morgan fingerprint density at radius 2 is 1.12 bits per heavy atom. The first kappa shape index (κ1) is 88.0. The summed E-state index contributed by atoms with van der Waals surface area (Å²) in [4.78, 5) is 212. The van der Waals surface area contributed by atoms with E-state index in [4.69, 9.17) is 22.9 Å². The van der Waals surface area contributed by atoms with Crippen molar-refractivity contribution in [3.8, 4) is 0 Å². The molecule has 3 heterocycles. The van der Waals surface area contributed by atoms with Gasteiger partial charge in [0.2, 0.25) is 82.7 Å². The van der Waals surface area contributed by atoms with Crippen molar-refractivity contribution >= 4 is 88.7 Å². The number of primary amides is 1. The van der Waals surface area contributed by atoms with Crippen LogP contribution in [0.25, 0.3) is 0 Å². The number of guanidine groups is 1. The molecule has 0 bridgehead atoms. The molecule has 2 aromatic carbocycles. The lowest BCUT2D eigenvalue weighted by atomic mass is 9.95. The summed E-state index contributed by atoms with van der Waals surface area (Å²) in [6, 6.07) is -2.34. The number of aliphatic hydroxyl groups excluding tert-OH is 2. The molecule has 1 aromatic heterocycles. The van der Waals surface area contributed by atoms with E-state index >= 15 is 14.4 Å². The Labute approximate surface area is 627 Å². The summed E-state index contributed by atoms with van der Waals surface area (Å²) < 4.78 is 0. The molecule has 0 spiro atoms. The number of H-pyrrole nitrogens is 1. The third-order valence-electron chi connectivity index (χ3n) is 18.7. The molecule has 2 saturated heterocycles. The maximum absolute atomic E-state index is 15.2. The third-order valence-corrected chi connectivity index (χ3v) is 18.7. The molecule has 108 heavy (non-hydrogen) atoms. The molecule has 5 rings (SSSR count). The number of carbonyl (C=O) groups is 14. The Balaban J connectivity index is 1.57. The number of imidazole rings is 1. The molecule has 2 fully saturated rings. The molecule has 0 aliphatic carbocycles. The molecule has 36 nitrogen and oxygen atoms in total. The number of hydrogen-bond acceptors (Lipinski definition) is 19. The number of aliphatic imine (C=N–C) groups is 1. The van der Waals surface area contributed by atoms with Crippen LogP contribution in [0.3, 0.4) is 0 Å². The van der Waals surface area contributed by atoms with Crippen LogP contribution in [0.15, 0.2) is 78.2 Å². The number of carbonyl (C=O) groups excluding carboxylic acids is 14. The molecule has 0 radical (unpaired) electrons. The molecule has 3 aromatic rings. The number of fused-ring (bicyclic) bond motifs is 1. The maximum atomic E-state index is 15.2. The highest BCUT2D eigenvalue weighted by atomic mass is 16.3. The summed E-state index contributed by atoms with van der Waals surface area (Å²) in [6.45, 7) is 13.4. The summed E-state index contributed by atoms with van der Waals surface area (Å²) in [7, 11) is 0. The normalized spacial score (nSPS) is 23.5. The Kier molecular flexibility index (Phi) is 35.2. The zero-order valence-corrected chi connectivity index (χ0v) is 62.7. The van der Waals surface area contributed by atoms with Crippen molar-refractivity contribution < 1.29 is 77.3 Å². The first-order chi connectivity index (χ1) is 51.1. The van der Waals surface area contributed by atoms with Gasteiger partial charge in [0.05, 0.1) is 31.0 Å². The van der Waals surface area contributed by atoms with Crippen LogP contribution in [-0.2, 0) is 86.4 Å². The van der Waals surface area contributed by atoms with Gasteiger partial charge in [-0.2, -0.15) is 0 Å². The number of benzene rings is 2. The van der Waals surface area contributed by atoms with Gasteiger partial charge >= 0.3 is 0 Å². The number of nitrogens with one attached hydrogen (secondary N) is 13.